The number of carbonyl (C=O) groups excluding carboxylic acids is 2. The first-order valence-corrected chi connectivity index (χ1v) is 7.75. The Hall–Kier alpha value is -2.27. The van der Waals surface area contributed by atoms with E-state index in [0.717, 1.165) is 10.0 Å². The largest absolute Gasteiger partial charge is 0.319 e. The predicted octanol–water partition coefficient (Wildman–Crippen LogP) is 4.51. The van der Waals surface area contributed by atoms with Crippen LogP contribution >= 0.6 is 15.9 Å². The first-order chi connectivity index (χ1) is 10.9. The molecule has 0 unspecified atom stereocenters. The van der Waals surface area contributed by atoms with Gasteiger partial charge in [-0.2, -0.15) is 0 Å². The second-order valence-electron chi connectivity index (χ2n) is 4.95. The van der Waals surface area contributed by atoms with Crippen LogP contribution < -0.4 is 5.32 Å². The maximum absolute atomic E-state index is 12.9. The van der Waals surface area contributed by atoms with Gasteiger partial charge in [-0.3, -0.25) is 9.59 Å². The number of allylic oxidation sites excluding steroid dienone is 1. The lowest BCUT2D eigenvalue weighted by Crippen LogP contribution is -2.24. The van der Waals surface area contributed by atoms with E-state index >= 15 is 0 Å². The molecule has 0 atom stereocenters. The standard InChI is InChI=1S/C18H15BrFNO2/c1-3-15(16-10-12(19)5-4-11(16)2)17(22)18(23)21-14-8-6-13(20)7-9-14/h3-10H,1-2H3,(H,21,23)/b15-3+. The van der Waals surface area contributed by atoms with Gasteiger partial charge in [-0.05, 0) is 61.4 Å². The summed E-state index contributed by atoms with van der Waals surface area (Å²) in [6.07, 6.45) is 1.61. The van der Waals surface area contributed by atoms with Gasteiger partial charge in [-0.1, -0.05) is 28.1 Å². The number of hydrogen-bond acceptors (Lipinski definition) is 2. The molecule has 0 aliphatic heterocycles. The molecule has 2 aromatic carbocycles. The highest BCUT2D eigenvalue weighted by Gasteiger charge is 2.21. The van der Waals surface area contributed by atoms with E-state index in [1.807, 2.05) is 19.1 Å². The Kier molecular flexibility index (Phi) is 5.45. The Morgan fingerprint density at radius 1 is 1.13 bits per heavy atom. The van der Waals surface area contributed by atoms with Crippen molar-refractivity contribution < 1.29 is 14.0 Å². The summed E-state index contributed by atoms with van der Waals surface area (Å²) in [7, 11) is 0. The van der Waals surface area contributed by atoms with Crippen molar-refractivity contribution in [1.29, 1.82) is 0 Å². The van der Waals surface area contributed by atoms with Crippen molar-refractivity contribution in [2.75, 3.05) is 5.32 Å². The molecule has 23 heavy (non-hydrogen) atoms. The molecule has 1 amide bonds. The summed E-state index contributed by atoms with van der Waals surface area (Å²) in [6, 6.07) is 10.8. The maximum Gasteiger partial charge on any atom is 0.296 e. The van der Waals surface area contributed by atoms with Crippen molar-refractivity contribution in [1.82, 2.24) is 0 Å². The number of benzene rings is 2. The Balaban J connectivity index is 2.24. The average Bonchev–Trinajstić information content (AvgIpc) is 2.53. The van der Waals surface area contributed by atoms with Crippen molar-refractivity contribution >= 4 is 38.9 Å². The van der Waals surface area contributed by atoms with Gasteiger partial charge in [0.1, 0.15) is 5.82 Å². The van der Waals surface area contributed by atoms with Crippen molar-refractivity contribution in [2.24, 2.45) is 0 Å². The minimum absolute atomic E-state index is 0.323. The van der Waals surface area contributed by atoms with E-state index < -0.39 is 17.5 Å². The molecule has 0 aliphatic carbocycles. The quantitative estimate of drug-likeness (QED) is 0.631. The lowest BCUT2D eigenvalue weighted by molar-refractivity contribution is -0.131. The van der Waals surface area contributed by atoms with Crippen LogP contribution in [0.25, 0.3) is 5.57 Å². The first kappa shape index (κ1) is 17.1. The van der Waals surface area contributed by atoms with Gasteiger partial charge in [-0.25, -0.2) is 4.39 Å². The number of ketones is 1. The third-order valence-electron chi connectivity index (χ3n) is 3.33. The molecule has 2 rings (SSSR count). The monoisotopic (exact) mass is 375 g/mol. The highest BCUT2D eigenvalue weighted by atomic mass is 79.9. The van der Waals surface area contributed by atoms with Gasteiger partial charge in [0.15, 0.2) is 0 Å². The van der Waals surface area contributed by atoms with Crippen molar-refractivity contribution in [2.45, 2.75) is 13.8 Å². The molecule has 3 nitrogen and oxygen atoms in total. The molecule has 1 N–H and O–H groups in total. The normalized spacial score (nSPS) is 11.2. The van der Waals surface area contributed by atoms with Crippen molar-refractivity contribution in [3.05, 3.63) is 70.0 Å². The van der Waals surface area contributed by atoms with E-state index in [4.69, 9.17) is 0 Å². The van der Waals surface area contributed by atoms with Gasteiger partial charge in [0.05, 0.1) is 0 Å². The molecule has 0 saturated carbocycles. The number of hydrogen-bond donors (Lipinski definition) is 1. The number of Topliss-reactive ketones (excluding diaryl/α,β-unsaturated/α-hetero) is 1. The zero-order chi connectivity index (χ0) is 17.0. The SMILES string of the molecule is C/C=C(/C(=O)C(=O)Nc1ccc(F)cc1)c1cc(Br)ccc1C. The minimum atomic E-state index is -0.760. The van der Waals surface area contributed by atoms with Gasteiger partial charge >= 0.3 is 0 Å². The van der Waals surface area contributed by atoms with Crippen LogP contribution in [0.4, 0.5) is 10.1 Å². The average molecular weight is 376 g/mol. The van der Waals surface area contributed by atoms with Crippen LogP contribution in [0.2, 0.25) is 0 Å². The topological polar surface area (TPSA) is 46.2 Å². The summed E-state index contributed by atoms with van der Waals surface area (Å²) < 4.78 is 13.7. The smallest absolute Gasteiger partial charge is 0.296 e. The Morgan fingerprint density at radius 3 is 2.39 bits per heavy atom. The summed E-state index contributed by atoms with van der Waals surface area (Å²) in [5, 5.41) is 2.48. The molecule has 0 fully saturated rings. The van der Waals surface area contributed by atoms with Crippen molar-refractivity contribution in [3.63, 3.8) is 0 Å². The summed E-state index contributed by atoms with van der Waals surface area (Å²) in [5.74, 6) is -1.81. The molecule has 0 heterocycles. The van der Waals surface area contributed by atoms with Gasteiger partial charge in [-0.15, -0.1) is 0 Å². The lowest BCUT2D eigenvalue weighted by atomic mass is 9.96. The van der Waals surface area contributed by atoms with E-state index in [1.165, 1.54) is 24.3 Å². The predicted molar refractivity (Wildman–Crippen MR) is 92.6 cm³/mol. The van der Waals surface area contributed by atoms with Gasteiger partial charge in [0.25, 0.3) is 11.7 Å². The molecule has 2 aromatic rings. The summed E-state index contributed by atoms with van der Waals surface area (Å²) in [6.45, 7) is 3.58. The highest BCUT2D eigenvalue weighted by Crippen LogP contribution is 2.24. The number of rotatable bonds is 4. The molecule has 0 bridgehead atoms. The third kappa shape index (κ3) is 4.13. The highest BCUT2D eigenvalue weighted by molar-refractivity contribution is 9.10. The van der Waals surface area contributed by atoms with Gasteiger partial charge in [0, 0.05) is 15.7 Å². The maximum atomic E-state index is 12.9. The fourth-order valence-corrected chi connectivity index (χ4v) is 2.50. The van der Waals surface area contributed by atoms with Crippen LogP contribution in [-0.2, 0) is 9.59 Å². The summed E-state index contributed by atoms with van der Waals surface area (Å²) >= 11 is 3.37. The molecule has 5 heteroatoms. The van der Waals surface area contributed by atoms with Gasteiger partial charge < -0.3 is 5.32 Å². The Labute approximate surface area is 142 Å². The zero-order valence-electron chi connectivity index (χ0n) is 12.7. The van der Waals surface area contributed by atoms with E-state index in [9.17, 15) is 14.0 Å². The van der Waals surface area contributed by atoms with Crippen LogP contribution in [0.3, 0.4) is 0 Å². The van der Waals surface area contributed by atoms with E-state index in [-0.39, 0.29) is 0 Å². The van der Waals surface area contributed by atoms with Crippen molar-refractivity contribution in [3.8, 4) is 0 Å². The van der Waals surface area contributed by atoms with Gasteiger partial charge in [0.2, 0.25) is 0 Å². The molecule has 118 valence electrons. The number of anilines is 1. The van der Waals surface area contributed by atoms with Crippen LogP contribution in [0, 0.1) is 12.7 Å². The van der Waals surface area contributed by atoms with Crippen LogP contribution in [0.1, 0.15) is 18.1 Å². The van der Waals surface area contributed by atoms with E-state index in [1.54, 1.807) is 19.1 Å². The fraction of sp³-hybridized carbons (Fsp3) is 0.111. The molecule has 0 radical (unpaired) electrons. The zero-order valence-corrected chi connectivity index (χ0v) is 14.3. The van der Waals surface area contributed by atoms with E-state index in [0.29, 0.717) is 16.8 Å². The minimum Gasteiger partial charge on any atom is -0.319 e. The molecular formula is C18H15BrFNO2. The number of halogens is 2. The number of carbonyl (C=O) groups is 2. The molecule has 0 aromatic heterocycles. The number of amides is 1. The first-order valence-electron chi connectivity index (χ1n) is 6.96. The molecular weight excluding hydrogens is 361 g/mol. The third-order valence-corrected chi connectivity index (χ3v) is 3.82. The van der Waals surface area contributed by atoms with Crippen LogP contribution in [0.15, 0.2) is 53.0 Å². The second-order valence-corrected chi connectivity index (χ2v) is 5.87. The fourth-order valence-electron chi connectivity index (χ4n) is 2.14. The number of nitrogens with one attached hydrogen (secondary N) is 1. The van der Waals surface area contributed by atoms with E-state index in [2.05, 4.69) is 21.2 Å². The molecule has 0 aliphatic rings. The summed E-state index contributed by atoms with van der Waals surface area (Å²) in [4.78, 5) is 24.6. The van der Waals surface area contributed by atoms with Crippen LogP contribution in [0.5, 0.6) is 0 Å². The summed E-state index contributed by atoms with van der Waals surface area (Å²) in [5.41, 5.74) is 2.28. The Bertz CT molecular complexity index is 782. The number of aryl methyl sites for hydroxylation is 1. The molecule has 0 saturated heterocycles. The lowest BCUT2D eigenvalue weighted by Gasteiger charge is -2.11. The Morgan fingerprint density at radius 2 is 1.78 bits per heavy atom. The molecule has 0 spiro atoms. The van der Waals surface area contributed by atoms with Crippen LogP contribution in [-0.4, -0.2) is 11.7 Å². The second kappa shape index (κ2) is 7.33.